The fraction of sp³-hybridized carbons (Fsp3) is 0.467. The average molecular weight is 275 g/mol. The maximum absolute atomic E-state index is 12.2. The largest absolute Gasteiger partial charge is 0.496 e. The van der Waals surface area contributed by atoms with Gasteiger partial charge in [-0.25, -0.2) is 4.79 Å². The van der Waals surface area contributed by atoms with Gasteiger partial charge in [0.2, 0.25) is 5.91 Å². The number of carbonyl (C=O) groups is 2. The molecule has 3 rings (SSSR count). The summed E-state index contributed by atoms with van der Waals surface area (Å²) in [7, 11) is 2.84. The topological polar surface area (TPSA) is 55.8 Å². The van der Waals surface area contributed by atoms with E-state index < -0.39 is 5.97 Å². The number of hydrogen-bond acceptors (Lipinski definition) is 4. The Kier molecular flexibility index (Phi) is 3.12. The smallest absolute Gasteiger partial charge is 0.341 e. The molecule has 2 aliphatic rings. The fourth-order valence-corrected chi connectivity index (χ4v) is 3.24. The van der Waals surface area contributed by atoms with E-state index in [-0.39, 0.29) is 11.8 Å². The van der Waals surface area contributed by atoms with Gasteiger partial charge in [-0.1, -0.05) is 0 Å². The van der Waals surface area contributed by atoms with E-state index in [4.69, 9.17) is 9.47 Å². The summed E-state index contributed by atoms with van der Waals surface area (Å²) in [6, 6.07) is 5.47. The number of piperidine rings is 1. The second-order valence-corrected chi connectivity index (χ2v) is 5.25. The summed E-state index contributed by atoms with van der Waals surface area (Å²) in [6.07, 6.45) is 2.99. The van der Waals surface area contributed by atoms with Gasteiger partial charge in [0.05, 0.1) is 14.2 Å². The molecule has 0 radical (unpaired) electrons. The molecule has 2 bridgehead atoms. The Labute approximate surface area is 117 Å². The van der Waals surface area contributed by atoms with Crippen LogP contribution in [0.25, 0.3) is 0 Å². The van der Waals surface area contributed by atoms with Crippen LogP contribution in [0.5, 0.6) is 5.75 Å². The lowest BCUT2D eigenvalue weighted by Gasteiger charge is -2.27. The number of benzene rings is 1. The van der Waals surface area contributed by atoms with Crippen molar-refractivity contribution < 1.29 is 19.1 Å². The van der Waals surface area contributed by atoms with Crippen LogP contribution in [0.3, 0.4) is 0 Å². The molecule has 1 saturated heterocycles. The zero-order chi connectivity index (χ0) is 14.3. The van der Waals surface area contributed by atoms with Crippen LogP contribution in [0.1, 0.15) is 29.6 Å². The second-order valence-electron chi connectivity index (χ2n) is 5.25. The minimum Gasteiger partial charge on any atom is -0.496 e. The second kappa shape index (κ2) is 4.81. The summed E-state index contributed by atoms with van der Waals surface area (Å²) in [5.74, 6) is 0.355. The van der Waals surface area contributed by atoms with Gasteiger partial charge in [-0.3, -0.25) is 4.79 Å². The van der Waals surface area contributed by atoms with Crippen LogP contribution < -0.4 is 9.64 Å². The number of anilines is 1. The molecule has 2 atom stereocenters. The molecule has 1 aromatic carbocycles. The van der Waals surface area contributed by atoms with Crippen LogP contribution in [0.2, 0.25) is 0 Å². The predicted molar refractivity (Wildman–Crippen MR) is 72.9 cm³/mol. The van der Waals surface area contributed by atoms with Crippen molar-refractivity contribution in [1.29, 1.82) is 0 Å². The van der Waals surface area contributed by atoms with Crippen molar-refractivity contribution in [3.8, 4) is 5.75 Å². The normalized spacial score (nSPS) is 24.1. The van der Waals surface area contributed by atoms with E-state index >= 15 is 0 Å². The lowest BCUT2D eigenvalue weighted by molar-refractivity contribution is -0.121. The van der Waals surface area contributed by atoms with E-state index in [9.17, 15) is 9.59 Å². The number of amides is 1. The number of rotatable bonds is 3. The van der Waals surface area contributed by atoms with E-state index in [1.807, 2.05) is 4.90 Å². The maximum Gasteiger partial charge on any atom is 0.341 e. The van der Waals surface area contributed by atoms with Gasteiger partial charge in [0.15, 0.2) is 0 Å². The zero-order valence-electron chi connectivity index (χ0n) is 11.6. The Bertz CT molecular complexity index is 569. The van der Waals surface area contributed by atoms with Crippen molar-refractivity contribution in [2.75, 3.05) is 19.1 Å². The van der Waals surface area contributed by atoms with E-state index in [2.05, 4.69) is 0 Å². The Morgan fingerprint density at radius 3 is 2.70 bits per heavy atom. The van der Waals surface area contributed by atoms with Crippen LogP contribution in [0.15, 0.2) is 18.2 Å². The molecule has 5 heteroatoms. The maximum atomic E-state index is 12.2. The van der Waals surface area contributed by atoms with Gasteiger partial charge in [0.1, 0.15) is 11.3 Å². The monoisotopic (exact) mass is 275 g/mol. The number of carbonyl (C=O) groups excluding carboxylic acids is 2. The molecule has 1 aromatic rings. The van der Waals surface area contributed by atoms with Crippen molar-refractivity contribution in [3.63, 3.8) is 0 Å². The van der Waals surface area contributed by atoms with Crippen LogP contribution in [-0.4, -0.2) is 32.1 Å². The van der Waals surface area contributed by atoms with Crippen molar-refractivity contribution in [2.24, 2.45) is 5.92 Å². The molecular weight excluding hydrogens is 258 g/mol. The molecule has 1 saturated carbocycles. The number of esters is 1. The third kappa shape index (κ3) is 1.85. The average Bonchev–Trinajstić information content (AvgIpc) is 3.06. The Morgan fingerprint density at radius 1 is 1.30 bits per heavy atom. The molecule has 1 aliphatic heterocycles. The number of nitrogens with zero attached hydrogens (tertiary/aromatic N) is 1. The number of hydrogen-bond donors (Lipinski definition) is 0. The minimum atomic E-state index is -0.442. The fourth-order valence-electron chi connectivity index (χ4n) is 3.24. The van der Waals surface area contributed by atoms with E-state index in [0.717, 1.165) is 24.9 Å². The van der Waals surface area contributed by atoms with Crippen molar-refractivity contribution in [2.45, 2.75) is 25.3 Å². The summed E-state index contributed by atoms with van der Waals surface area (Å²) >= 11 is 0. The minimum absolute atomic E-state index is 0.172. The first-order chi connectivity index (χ1) is 9.65. The van der Waals surface area contributed by atoms with Crippen LogP contribution in [0, 0.1) is 5.92 Å². The van der Waals surface area contributed by atoms with E-state index in [0.29, 0.717) is 17.4 Å². The van der Waals surface area contributed by atoms with Gasteiger partial charge in [-0.05, 0) is 31.4 Å². The van der Waals surface area contributed by atoms with Crippen LogP contribution >= 0.6 is 0 Å². The lowest BCUT2D eigenvalue weighted by atomic mass is 10.1. The highest BCUT2D eigenvalue weighted by molar-refractivity contribution is 6.00. The van der Waals surface area contributed by atoms with Crippen molar-refractivity contribution in [1.82, 2.24) is 0 Å². The van der Waals surface area contributed by atoms with Gasteiger partial charge in [0.25, 0.3) is 0 Å². The zero-order valence-corrected chi connectivity index (χ0v) is 11.6. The summed E-state index contributed by atoms with van der Waals surface area (Å²) < 4.78 is 9.96. The van der Waals surface area contributed by atoms with Crippen LogP contribution in [-0.2, 0) is 9.53 Å². The third-order valence-electron chi connectivity index (χ3n) is 4.23. The molecule has 106 valence electrons. The first kappa shape index (κ1) is 13.0. The highest BCUT2D eigenvalue weighted by Gasteiger charge is 2.45. The third-order valence-corrected chi connectivity index (χ3v) is 4.23. The summed E-state index contributed by atoms with van der Waals surface area (Å²) in [6.45, 7) is 0. The molecule has 0 aromatic heterocycles. The molecule has 1 amide bonds. The summed E-state index contributed by atoms with van der Waals surface area (Å²) in [5, 5.41) is 0. The molecule has 1 heterocycles. The number of fused-ring (bicyclic) bond motifs is 2. The molecule has 0 spiro atoms. The molecule has 0 N–H and O–H groups in total. The van der Waals surface area contributed by atoms with Gasteiger partial charge in [-0.15, -0.1) is 0 Å². The first-order valence-corrected chi connectivity index (χ1v) is 6.75. The predicted octanol–water partition coefficient (Wildman–Crippen LogP) is 2.00. The standard InChI is InChI=1S/C15H17NO4/c1-19-13-8-11(5-6-12(13)15(18)20-2)16-10-4-3-9(7-10)14(16)17/h5-6,8-10H,3-4,7H2,1-2H3/t9-,10+/m1/s1. The molecule has 0 unspecified atom stereocenters. The van der Waals surface area contributed by atoms with Crippen LogP contribution in [0.4, 0.5) is 5.69 Å². The highest BCUT2D eigenvalue weighted by atomic mass is 16.5. The van der Waals surface area contributed by atoms with E-state index in [1.54, 1.807) is 18.2 Å². The Morgan fingerprint density at radius 2 is 2.10 bits per heavy atom. The Balaban J connectivity index is 1.96. The number of methoxy groups -OCH3 is 2. The van der Waals surface area contributed by atoms with Gasteiger partial charge < -0.3 is 14.4 Å². The molecule has 20 heavy (non-hydrogen) atoms. The molecule has 2 fully saturated rings. The summed E-state index contributed by atoms with van der Waals surface area (Å²) in [4.78, 5) is 25.7. The van der Waals surface area contributed by atoms with Crippen molar-refractivity contribution in [3.05, 3.63) is 23.8 Å². The SMILES string of the molecule is COC(=O)c1ccc(N2C(=O)[C@@H]3CC[C@H]2C3)cc1OC. The number of ether oxygens (including phenoxy) is 2. The molecule has 1 aliphatic carbocycles. The highest BCUT2D eigenvalue weighted by Crippen LogP contribution is 2.42. The molecular formula is C15H17NO4. The first-order valence-electron chi connectivity index (χ1n) is 6.75. The van der Waals surface area contributed by atoms with Crippen molar-refractivity contribution >= 4 is 17.6 Å². The van der Waals surface area contributed by atoms with Gasteiger partial charge >= 0.3 is 5.97 Å². The summed E-state index contributed by atoms with van der Waals surface area (Å²) in [5.41, 5.74) is 1.17. The Hall–Kier alpha value is -2.04. The molecule has 5 nitrogen and oxygen atoms in total. The van der Waals surface area contributed by atoms with E-state index in [1.165, 1.54) is 14.2 Å². The van der Waals surface area contributed by atoms with Gasteiger partial charge in [0, 0.05) is 23.7 Å². The van der Waals surface area contributed by atoms with Gasteiger partial charge in [-0.2, -0.15) is 0 Å². The lowest BCUT2D eigenvalue weighted by Crippen LogP contribution is -2.36. The quantitative estimate of drug-likeness (QED) is 0.792.